The molecule has 1 heterocycles. The van der Waals surface area contributed by atoms with Crippen LogP contribution in [0.15, 0.2) is 103 Å². The maximum Gasteiger partial charge on any atom is 0.248 e. The van der Waals surface area contributed by atoms with E-state index in [1.807, 2.05) is 0 Å². The molecule has 78 heavy (non-hydrogen) atoms. The second-order valence-corrected chi connectivity index (χ2v) is 21.9. The van der Waals surface area contributed by atoms with Crippen LogP contribution in [0.3, 0.4) is 0 Å². The highest BCUT2D eigenvalue weighted by Gasteiger charge is 2.37. The van der Waals surface area contributed by atoms with E-state index >= 15 is 0 Å². The molecule has 4 aromatic rings. The van der Waals surface area contributed by atoms with Crippen LogP contribution in [0.25, 0.3) is 0 Å². The molecule has 1 fully saturated rings. The van der Waals surface area contributed by atoms with Gasteiger partial charge < -0.3 is 65.0 Å². The van der Waals surface area contributed by atoms with Crippen LogP contribution in [0, 0.1) is 5.92 Å². The Balaban J connectivity index is 1.57. The number of carbonyl (C=O) groups excluding carboxylic acids is 9. The number of phenolic OH excluding ortho intramolecular Hbond substituents is 1. The van der Waals surface area contributed by atoms with Gasteiger partial charge in [-0.3, -0.25) is 43.2 Å². The third-order valence-electron chi connectivity index (χ3n) is 12.7. The van der Waals surface area contributed by atoms with Crippen molar-refractivity contribution in [3.8, 4) is 5.75 Å². The lowest BCUT2D eigenvalue weighted by Gasteiger charge is -2.29. The Morgan fingerprint density at radius 3 is 1.92 bits per heavy atom. The van der Waals surface area contributed by atoms with Crippen LogP contribution in [-0.2, 0) is 64.0 Å². The van der Waals surface area contributed by atoms with Crippen molar-refractivity contribution in [2.45, 2.75) is 107 Å². The third kappa shape index (κ3) is 19.8. The summed E-state index contributed by atoms with van der Waals surface area (Å²) in [6.07, 6.45) is -1.68. The molecule has 0 aromatic heterocycles. The molecule has 1 saturated heterocycles. The number of amides is 8. The van der Waals surface area contributed by atoms with Crippen LogP contribution in [0.2, 0.25) is 5.02 Å². The number of rotatable bonds is 19. The minimum atomic E-state index is -1.73. The summed E-state index contributed by atoms with van der Waals surface area (Å²) in [4.78, 5) is 125. The highest BCUT2D eigenvalue weighted by atomic mass is 35.5. The molecule has 0 bridgehead atoms. The second-order valence-electron chi connectivity index (χ2n) is 18.9. The number of unbranched alkanes of at least 4 members (excludes halogenated alkanes) is 1. The molecule has 0 saturated carbocycles. The van der Waals surface area contributed by atoms with Crippen LogP contribution in [0.5, 0.6) is 5.75 Å². The van der Waals surface area contributed by atoms with E-state index in [2.05, 4.69) is 31.9 Å². The summed E-state index contributed by atoms with van der Waals surface area (Å²) < 4.78 is 0. The molecule has 418 valence electrons. The smallest absolute Gasteiger partial charge is 0.248 e. The maximum absolute atomic E-state index is 14.8. The van der Waals surface area contributed by atoms with Crippen molar-refractivity contribution >= 4 is 86.2 Å². The van der Waals surface area contributed by atoms with Gasteiger partial charge in [-0.25, -0.2) is 0 Å². The quantitative estimate of drug-likeness (QED) is 0.0452. The van der Waals surface area contributed by atoms with Crippen LogP contribution in [0.4, 0.5) is 0 Å². The fraction of sp³-hybridized carbons (Fsp3) is 0.389. The number of ketones is 1. The molecule has 1 unspecified atom stereocenters. The number of nitrogens with two attached hydrogens (primary N) is 4. The fourth-order valence-corrected chi connectivity index (χ4v) is 10.8. The lowest BCUT2D eigenvalue weighted by Crippen LogP contribution is -2.62. The zero-order valence-corrected chi connectivity index (χ0v) is 45.3. The summed E-state index contributed by atoms with van der Waals surface area (Å²) in [7, 11) is 2.02. The standard InChI is InChI=1S/C54H67ClN10O11S2/c1-30(66)46-54(76)64-44(53(75)61-41(48(59)70)25-31-7-3-2-4-8-31)29-78-77-28-43(63-50(72)39(57)24-33-12-18-37(55)19-13-33)45(68)27-36(23-32-14-20-38(67)21-15-32)49(71)62-42(26-34-10-16-35(17-11-34)47(58)69)52(74)60-40(51(73)65-46)9-5-6-22-56/h2-4,7-8,10-21,30,36,39-44,46,66-67H,5-6,9,22-29,56-57H2,1H3,(H2,58,69)(H2,59,70)(H,60,74)(H,61,75)(H,62,71)(H,63,72)(H,64,76)(H,65,73)/t30-,36-,39+,40+,41?,42-,43-,44+,46+/m1/s1. The number of nitrogens with one attached hydrogen (secondary N) is 6. The number of benzene rings is 4. The number of halogens is 1. The van der Waals surface area contributed by atoms with Crippen LogP contribution >= 0.6 is 33.2 Å². The number of aliphatic hydroxyl groups excluding tert-OH is 1. The lowest BCUT2D eigenvalue weighted by molar-refractivity contribution is -0.137. The van der Waals surface area contributed by atoms with Gasteiger partial charge in [-0.1, -0.05) is 99.9 Å². The number of primary amides is 2. The first-order valence-electron chi connectivity index (χ1n) is 25.2. The molecule has 1 aliphatic rings. The first-order chi connectivity index (χ1) is 37.2. The van der Waals surface area contributed by atoms with Crippen LogP contribution in [0.1, 0.15) is 65.2 Å². The molecule has 9 atom stereocenters. The number of Topliss-reactive ketones (excluding diaryl/α,β-unsaturated/α-hetero) is 1. The van der Waals surface area contributed by atoms with E-state index in [-0.39, 0.29) is 61.5 Å². The van der Waals surface area contributed by atoms with Crippen LogP contribution < -0.4 is 54.8 Å². The minimum Gasteiger partial charge on any atom is -0.508 e. The van der Waals surface area contributed by atoms with Gasteiger partial charge in [0.15, 0.2) is 5.78 Å². The van der Waals surface area contributed by atoms with Gasteiger partial charge in [0.2, 0.25) is 47.3 Å². The third-order valence-corrected chi connectivity index (χ3v) is 15.4. The highest BCUT2D eigenvalue weighted by Crippen LogP contribution is 2.26. The van der Waals surface area contributed by atoms with Gasteiger partial charge in [0, 0.05) is 47.3 Å². The molecular formula is C54H67ClN10O11S2. The first-order valence-corrected chi connectivity index (χ1v) is 28.0. The van der Waals surface area contributed by atoms with Gasteiger partial charge >= 0.3 is 0 Å². The Morgan fingerprint density at radius 2 is 1.29 bits per heavy atom. The van der Waals surface area contributed by atoms with Gasteiger partial charge in [-0.05, 0) is 104 Å². The van der Waals surface area contributed by atoms with Crippen LogP contribution in [-0.4, -0.2) is 130 Å². The van der Waals surface area contributed by atoms with E-state index in [0.717, 1.165) is 21.6 Å². The van der Waals surface area contributed by atoms with Crippen molar-refractivity contribution in [3.63, 3.8) is 0 Å². The van der Waals surface area contributed by atoms with E-state index in [1.165, 1.54) is 43.3 Å². The Bertz CT molecular complexity index is 2710. The van der Waals surface area contributed by atoms with Gasteiger partial charge in [0.25, 0.3) is 0 Å². The van der Waals surface area contributed by atoms with Crippen molar-refractivity contribution in [2.75, 3.05) is 18.1 Å². The highest BCUT2D eigenvalue weighted by molar-refractivity contribution is 8.76. The summed E-state index contributed by atoms with van der Waals surface area (Å²) in [6.45, 7) is 1.45. The molecule has 4 aromatic carbocycles. The summed E-state index contributed by atoms with van der Waals surface area (Å²) in [5, 5.41) is 37.5. The van der Waals surface area contributed by atoms with Crippen molar-refractivity contribution in [3.05, 3.63) is 136 Å². The summed E-state index contributed by atoms with van der Waals surface area (Å²) in [5.74, 6) is -9.11. The molecule has 5 rings (SSSR count). The van der Waals surface area contributed by atoms with Crippen molar-refractivity contribution < 1.29 is 53.4 Å². The van der Waals surface area contributed by atoms with E-state index < -0.39 is 114 Å². The van der Waals surface area contributed by atoms with Gasteiger partial charge in [-0.2, -0.15) is 0 Å². The number of phenols is 1. The van der Waals surface area contributed by atoms with E-state index in [1.54, 1.807) is 66.7 Å². The summed E-state index contributed by atoms with van der Waals surface area (Å²) in [5.41, 5.74) is 25.9. The Labute approximate surface area is 464 Å². The predicted molar refractivity (Wildman–Crippen MR) is 297 cm³/mol. The Morgan fingerprint density at radius 1 is 0.705 bits per heavy atom. The number of hydrogen-bond donors (Lipinski definition) is 12. The zero-order chi connectivity index (χ0) is 56.9. The molecule has 21 nitrogen and oxygen atoms in total. The number of hydrogen-bond acceptors (Lipinski definition) is 15. The normalized spacial score (nSPS) is 21.3. The SMILES string of the molecule is C[C@@H](O)[C@@H]1NC(=O)[C@H](CCCCN)NC(=O)[C@@H](Cc2ccc(C(N)=O)cc2)NC(=O)[C@H](Cc2ccc(O)cc2)CC(=O)[C@H](NC(=O)[C@@H](N)Cc2ccc(Cl)cc2)CSSC[C@@H](C(=O)NC(Cc2ccccc2)C(N)=O)NC1=O. The van der Waals surface area contributed by atoms with E-state index in [9.17, 15) is 53.4 Å². The van der Waals surface area contributed by atoms with E-state index in [4.69, 9.17) is 34.5 Å². The Hall–Kier alpha value is -7.02. The van der Waals surface area contributed by atoms with Gasteiger partial charge in [-0.15, -0.1) is 0 Å². The second kappa shape index (κ2) is 30.8. The minimum absolute atomic E-state index is 0.00800. The number of carbonyl (C=O) groups is 9. The topological polar surface area (TPSA) is 370 Å². The fourth-order valence-electron chi connectivity index (χ4n) is 8.27. The van der Waals surface area contributed by atoms with Crippen molar-refractivity contribution in [1.29, 1.82) is 0 Å². The van der Waals surface area contributed by atoms with Gasteiger partial charge in [0.05, 0.1) is 18.2 Å². The molecule has 24 heteroatoms. The summed E-state index contributed by atoms with van der Waals surface area (Å²) in [6, 6.07) is 17.4. The van der Waals surface area contributed by atoms with Crippen molar-refractivity contribution in [1.82, 2.24) is 31.9 Å². The largest absolute Gasteiger partial charge is 0.508 e. The average Bonchev–Trinajstić information content (AvgIpc) is 3.41. The molecule has 1 aliphatic heterocycles. The monoisotopic (exact) mass is 1130 g/mol. The average molecular weight is 1130 g/mol. The maximum atomic E-state index is 14.8. The molecular weight excluding hydrogens is 1060 g/mol. The number of aliphatic hydroxyl groups is 1. The predicted octanol–water partition coefficient (Wildman–Crippen LogP) is 0.617. The molecule has 16 N–H and O–H groups in total. The van der Waals surface area contributed by atoms with E-state index in [0.29, 0.717) is 40.1 Å². The lowest BCUT2D eigenvalue weighted by atomic mass is 9.90. The van der Waals surface area contributed by atoms with Crippen molar-refractivity contribution in [2.24, 2.45) is 28.9 Å². The summed E-state index contributed by atoms with van der Waals surface area (Å²) >= 11 is 6.08. The first kappa shape index (κ1) is 61.8. The Kier molecular flexibility index (Phi) is 24.4. The molecule has 0 aliphatic carbocycles. The molecule has 0 spiro atoms. The molecule has 8 amide bonds. The van der Waals surface area contributed by atoms with Gasteiger partial charge in [0.1, 0.15) is 36.0 Å². The zero-order valence-electron chi connectivity index (χ0n) is 42.9. The number of aromatic hydroxyl groups is 1. The molecule has 0 radical (unpaired) electrons.